The molecule has 1 N–H and O–H groups in total. The summed E-state index contributed by atoms with van der Waals surface area (Å²) in [6.07, 6.45) is -7.61. The molecule has 1 saturated heterocycles. The lowest BCUT2D eigenvalue weighted by Gasteiger charge is -2.26. The minimum Gasteiger partial charge on any atom is -0.370 e. The third-order valence-corrected chi connectivity index (χ3v) is 5.41. The number of amides is 2. The van der Waals surface area contributed by atoms with Gasteiger partial charge in [0.2, 0.25) is 0 Å². The van der Waals surface area contributed by atoms with Crippen LogP contribution in [-0.2, 0) is 21.9 Å². The third kappa shape index (κ3) is 5.71. The Kier molecular flexibility index (Phi) is 6.90. The molecule has 1 aromatic carbocycles. The zero-order chi connectivity index (χ0) is 27.0. The predicted octanol–water partition coefficient (Wildman–Crippen LogP) is 3.55. The molecule has 2 aromatic heterocycles. The number of hydrogen-bond acceptors (Lipinski definition) is 6. The molecule has 196 valence electrons. The van der Waals surface area contributed by atoms with Crippen LogP contribution in [0.2, 0.25) is 0 Å². The molecule has 1 aliphatic rings. The molecular formula is C22H18F6N6O3. The molecule has 0 aliphatic carbocycles. The van der Waals surface area contributed by atoms with Gasteiger partial charge in [0.15, 0.2) is 11.6 Å². The number of rotatable bonds is 5. The van der Waals surface area contributed by atoms with Crippen LogP contribution in [0.3, 0.4) is 0 Å². The molecule has 0 saturated carbocycles. The zero-order valence-electron chi connectivity index (χ0n) is 19.0. The van der Waals surface area contributed by atoms with E-state index in [9.17, 15) is 35.9 Å². The SMILES string of the molecule is C[C@H](NC(=O)c1cc(C(F)(F)F)cc(C(F)(F)F)c1)c1ncnn1-c1ccc(N2CCOCC2=O)cn1. The van der Waals surface area contributed by atoms with Crippen LogP contribution in [0.15, 0.2) is 42.9 Å². The first-order valence-electron chi connectivity index (χ1n) is 10.7. The Morgan fingerprint density at radius 2 is 1.73 bits per heavy atom. The van der Waals surface area contributed by atoms with Gasteiger partial charge in [-0.05, 0) is 37.3 Å². The van der Waals surface area contributed by atoms with Crippen LogP contribution in [0.4, 0.5) is 32.0 Å². The number of nitrogens with one attached hydrogen (secondary N) is 1. The largest absolute Gasteiger partial charge is 0.416 e. The molecule has 0 spiro atoms. The number of carbonyl (C=O) groups is 2. The lowest BCUT2D eigenvalue weighted by molar-refractivity contribution is -0.143. The number of anilines is 1. The van der Waals surface area contributed by atoms with Gasteiger partial charge in [-0.1, -0.05) is 0 Å². The predicted molar refractivity (Wildman–Crippen MR) is 115 cm³/mol. The first kappa shape index (κ1) is 26.1. The van der Waals surface area contributed by atoms with Crippen molar-refractivity contribution in [2.24, 2.45) is 0 Å². The summed E-state index contributed by atoms with van der Waals surface area (Å²) in [7, 11) is 0. The summed E-state index contributed by atoms with van der Waals surface area (Å²) < 4.78 is 85.2. The van der Waals surface area contributed by atoms with Crippen LogP contribution >= 0.6 is 0 Å². The highest BCUT2D eigenvalue weighted by atomic mass is 19.4. The number of ether oxygens (including phenoxy) is 1. The molecule has 0 radical (unpaired) electrons. The zero-order valence-corrected chi connectivity index (χ0v) is 19.0. The summed E-state index contributed by atoms with van der Waals surface area (Å²) >= 11 is 0. The second-order valence-electron chi connectivity index (χ2n) is 7.99. The quantitative estimate of drug-likeness (QED) is 0.509. The van der Waals surface area contributed by atoms with Crippen molar-refractivity contribution < 1.29 is 40.7 Å². The van der Waals surface area contributed by atoms with Crippen molar-refractivity contribution in [2.75, 3.05) is 24.7 Å². The van der Waals surface area contributed by atoms with E-state index in [-0.39, 0.29) is 30.2 Å². The first-order chi connectivity index (χ1) is 17.3. The van der Waals surface area contributed by atoms with E-state index in [1.54, 1.807) is 6.07 Å². The number of nitrogens with zero attached hydrogens (tertiary/aromatic N) is 5. The van der Waals surface area contributed by atoms with Crippen molar-refractivity contribution in [3.8, 4) is 5.82 Å². The summed E-state index contributed by atoms with van der Waals surface area (Å²) in [4.78, 5) is 34.4. The van der Waals surface area contributed by atoms with Crippen LogP contribution < -0.4 is 10.2 Å². The fourth-order valence-electron chi connectivity index (χ4n) is 3.61. The van der Waals surface area contributed by atoms with Gasteiger partial charge in [0, 0.05) is 12.1 Å². The maximum atomic E-state index is 13.1. The maximum Gasteiger partial charge on any atom is 0.416 e. The van der Waals surface area contributed by atoms with E-state index in [1.165, 1.54) is 28.8 Å². The third-order valence-electron chi connectivity index (χ3n) is 5.41. The van der Waals surface area contributed by atoms with Gasteiger partial charge in [-0.2, -0.15) is 36.1 Å². The topological polar surface area (TPSA) is 102 Å². The Labute approximate surface area is 205 Å². The van der Waals surface area contributed by atoms with Gasteiger partial charge in [-0.3, -0.25) is 9.59 Å². The summed E-state index contributed by atoms with van der Waals surface area (Å²) in [5.74, 6) is -1.05. The molecule has 15 heteroatoms. The van der Waals surface area contributed by atoms with E-state index >= 15 is 0 Å². The first-order valence-corrected chi connectivity index (χ1v) is 10.7. The minimum atomic E-state index is -5.09. The highest BCUT2D eigenvalue weighted by molar-refractivity contribution is 5.95. The van der Waals surface area contributed by atoms with Crippen molar-refractivity contribution >= 4 is 17.5 Å². The summed E-state index contributed by atoms with van der Waals surface area (Å²) in [6, 6.07) is 2.79. The summed E-state index contributed by atoms with van der Waals surface area (Å²) in [5, 5.41) is 6.37. The number of halogens is 6. The Morgan fingerprint density at radius 3 is 2.30 bits per heavy atom. The van der Waals surface area contributed by atoms with Gasteiger partial charge in [0.05, 0.1) is 35.7 Å². The van der Waals surface area contributed by atoms with E-state index in [0.29, 0.717) is 31.0 Å². The van der Waals surface area contributed by atoms with E-state index in [2.05, 4.69) is 20.4 Å². The minimum absolute atomic E-state index is 0.0530. The molecule has 1 aliphatic heterocycles. The summed E-state index contributed by atoms with van der Waals surface area (Å²) in [5.41, 5.74) is -3.51. The van der Waals surface area contributed by atoms with Gasteiger partial charge in [0.1, 0.15) is 12.9 Å². The number of morpholine rings is 1. The molecule has 0 unspecified atom stereocenters. The second-order valence-corrected chi connectivity index (χ2v) is 7.99. The molecule has 1 fully saturated rings. The number of benzene rings is 1. The fourth-order valence-corrected chi connectivity index (χ4v) is 3.61. The Morgan fingerprint density at radius 1 is 1.05 bits per heavy atom. The molecule has 3 heterocycles. The van der Waals surface area contributed by atoms with E-state index in [1.807, 2.05) is 0 Å². The number of pyridine rings is 1. The molecule has 4 rings (SSSR count). The van der Waals surface area contributed by atoms with Crippen LogP contribution in [0.1, 0.15) is 40.3 Å². The average molecular weight is 528 g/mol. The lowest BCUT2D eigenvalue weighted by atomic mass is 10.0. The van der Waals surface area contributed by atoms with Gasteiger partial charge >= 0.3 is 12.4 Å². The van der Waals surface area contributed by atoms with Crippen LogP contribution in [0, 0.1) is 0 Å². The highest BCUT2D eigenvalue weighted by Gasteiger charge is 2.37. The van der Waals surface area contributed by atoms with Crippen molar-refractivity contribution in [3.63, 3.8) is 0 Å². The number of alkyl halides is 6. The van der Waals surface area contributed by atoms with Crippen molar-refractivity contribution in [1.29, 1.82) is 0 Å². The van der Waals surface area contributed by atoms with Gasteiger partial charge in [-0.15, -0.1) is 0 Å². The van der Waals surface area contributed by atoms with Gasteiger partial charge in [0.25, 0.3) is 11.8 Å². The Balaban J connectivity index is 1.56. The lowest BCUT2D eigenvalue weighted by Crippen LogP contribution is -2.41. The smallest absolute Gasteiger partial charge is 0.370 e. The number of aromatic nitrogens is 4. The molecule has 37 heavy (non-hydrogen) atoms. The van der Waals surface area contributed by atoms with E-state index in [0.717, 1.165) is 6.33 Å². The maximum absolute atomic E-state index is 13.1. The monoisotopic (exact) mass is 528 g/mol. The molecule has 0 bridgehead atoms. The van der Waals surface area contributed by atoms with Crippen molar-refractivity contribution in [2.45, 2.75) is 25.3 Å². The molecular weight excluding hydrogens is 510 g/mol. The van der Waals surface area contributed by atoms with Crippen LogP contribution in [0.5, 0.6) is 0 Å². The fraction of sp³-hybridized carbons (Fsp3) is 0.318. The van der Waals surface area contributed by atoms with Gasteiger partial charge < -0.3 is 15.0 Å². The molecule has 2 amide bonds. The van der Waals surface area contributed by atoms with Crippen molar-refractivity contribution in [1.82, 2.24) is 25.1 Å². The number of carbonyl (C=O) groups excluding carboxylic acids is 2. The Hall–Kier alpha value is -4.01. The molecule has 9 nitrogen and oxygen atoms in total. The average Bonchev–Trinajstić information content (AvgIpc) is 3.33. The second kappa shape index (κ2) is 9.80. The van der Waals surface area contributed by atoms with E-state index < -0.39 is 41.0 Å². The van der Waals surface area contributed by atoms with Gasteiger partial charge in [-0.25, -0.2) is 9.97 Å². The summed E-state index contributed by atoms with van der Waals surface area (Å²) in [6.45, 7) is 2.09. The normalized spacial score (nSPS) is 15.5. The van der Waals surface area contributed by atoms with E-state index in [4.69, 9.17) is 4.74 Å². The highest BCUT2D eigenvalue weighted by Crippen LogP contribution is 2.36. The van der Waals surface area contributed by atoms with Crippen LogP contribution in [-0.4, -0.2) is 51.3 Å². The van der Waals surface area contributed by atoms with Crippen LogP contribution in [0.25, 0.3) is 5.82 Å². The van der Waals surface area contributed by atoms with Crippen molar-refractivity contribution in [3.05, 3.63) is 65.4 Å². The standard InChI is InChI=1S/C22H18F6N6O3/c1-12(32-20(36)13-6-14(21(23,24)25)8-15(7-13)22(26,27)28)19-30-11-31-34(19)17-3-2-16(9-29-17)33-4-5-37-10-18(33)35/h2-3,6-9,11-12H,4-5,10H2,1H3,(H,32,36)/t12-/m0/s1. The molecule has 3 aromatic rings. The Bertz CT molecular complexity index is 1270. The molecule has 1 atom stereocenters. The number of hydrogen-bond donors (Lipinski definition) is 1.